The predicted molar refractivity (Wildman–Crippen MR) is 42.2 cm³/mol. The van der Waals surface area contributed by atoms with Gasteiger partial charge >= 0.3 is 5.97 Å². The number of aliphatic hydroxyl groups excluding tert-OH is 1. The van der Waals surface area contributed by atoms with Gasteiger partial charge in [-0.1, -0.05) is 6.58 Å². The highest BCUT2D eigenvalue weighted by molar-refractivity contribution is 5.72. The SMILES string of the molecule is C=C=CCN1CC(=O)OC(O)C1. The predicted octanol–water partition coefficient (Wildman–Crippen LogP) is -0.495. The first-order valence-electron chi connectivity index (χ1n) is 3.66. The van der Waals surface area contributed by atoms with E-state index in [1.165, 1.54) is 0 Å². The highest BCUT2D eigenvalue weighted by atomic mass is 16.6. The van der Waals surface area contributed by atoms with Gasteiger partial charge in [0.2, 0.25) is 6.29 Å². The van der Waals surface area contributed by atoms with Crippen LogP contribution in [0, 0.1) is 0 Å². The highest BCUT2D eigenvalue weighted by Crippen LogP contribution is 2.02. The molecule has 0 aromatic rings. The molecule has 66 valence electrons. The molecular weight excluding hydrogens is 158 g/mol. The number of esters is 1. The molecule has 1 atom stereocenters. The van der Waals surface area contributed by atoms with Gasteiger partial charge in [-0.25, -0.2) is 0 Å². The molecule has 0 amide bonds. The van der Waals surface area contributed by atoms with Gasteiger partial charge in [-0.15, -0.1) is 5.73 Å². The van der Waals surface area contributed by atoms with Crippen molar-refractivity contribution in [3.05, 3.63) is 18.4 Å². The minimum atomic E-state index is -0.996. The lowest BCUT2D eigenvalue weighted by Crippen LogP contribution is -2.45. The van der Waals surface area contributed by atoms with Crippen LogP contribution < -0.4 is 0 Å². The van der Waals surface area contributed by atoms with Crippen LogP contribution in [0.15, 0.2) is 18.4 Å². The average molecular weight is 169 g/mol. The molecule has 0 saturated carbocycles. The molecule has 1 aliphatic heterocycles. The van der Waals surface area contributed by atoms with Crippen LogP contribution in [0.3, 0.4) is 0 Å². The maximum Gasteiger partial charge on any atom is 0.322 e. The Morgan fingerprint density at radius 2 is 2.67 bits per heavy atom. The Balaban J connectivity index is 2.43. The summed E-state index contributed by atoms with van der Waals surface area (Å²) in [5, 5.41) is 9.01. The minimum Gasteiger partial charge on any atom is -0.434 e. The molecule has 1 rings (SSSR count). The van der Waals surface area contributed by atoms with Crippen LogP contribution in [-0.4, -0.2) is 41.9 Å². The topological polar surface area (TPSA) is 49.8 Å². The third-order valence-corrected chi connectivity index (χ3v) is 1.53. The lowest BCUT2D eigenvalue weighted by molar-refractivity contribution is -0.183. The monoisotopic (exact) mass is 169 g/mol. The van der Waals surface area contributed by atoms with E-state index in [0.717, 1.165) is 0 Å². The van der Waals surface area contributed by atoms with Crippen LogP contribution in [-0.2, 0) is 9.53 Å². The van der Waals surface area contributed by atoms with Gasteiger partial charge in [0.1, 0.15) is 0 Å². The Kier molecular flexibility index (Phi) is 3.05. The number of nitrogens with zero attached hydrogens (tertiary/aromatic N) is 1. The van der Waals surface area contributed by atoms with Gasteiger partial charge in [-0.05, 0) is 6.08 Å². The Bertz CT molecular complexity index is 218. The zero-order valence-electron chi connectivity index (χ0n) is 6.69. The van der Waals surface area contributed by atoms with Gasteiger partial charge in [0.05, 0.1) is 13.1 Å². The second-order valence-electron chi connectivity index (χ2n) is 2.55. The summed E-state index contributed by atoms with van der Waals surface area (Å²) in [4.78, 5) is 12.5. The van der Waals surface area contributed by atoms with Crippen molar-refractivity contribution in [1.29, 1.82) is 0 Å². The van der Waals surface area contributed by atoms with E-state index in [0.29, 0.717) is 13.1 Å². The molecular formula is C8H11NO3. The van der Waals surface area contributed by atoms with Crippen molar-refractivity contribution in [3.8, 4) is 0 Å². The van der Waals surface area contributed by atoms with Crippen LogP contribution in [0.1, 0.15) is 0 Å². The second kappa shape index (κ2) is 4.07. The van der Waals surface area contributed by atoms with Gasteiger partial charge < -0.3 is 9.84 Å². The van der Waals surface area contributed by atoms with Crippen molar-refractivity contribution in [1.82, 2.24) is 4.90 Å². The van der Waals surface area contributed by atoms with Crippen molar-refractivity contribution in [2.24, 2.45) is 0 Å². The van der Waals surface area contributed by atoms with Gasteiger partial charge in [0, 0.05) is 6.54 Å². The fourth-order valence-electron chi connectivity index (χ4n) is 1.03. The summed E-state index contributed by atoms with van der Waals surface area (Å²) in [6, 6.07) is 0. The standard InChI is InChI=1S/C8H11NO3/c1-2-3-4-9-5-7(10)12-8(11)6-9/h3,7,10H,1,4-6H2. The number of β-amino-alcohol motifs (C(OH)–C–C–N with tert-alkyl or cyclic N) is 1. The summed E-state index contributed by atoms with van der Waals surface area (Å²) in [5.41, 5.74) is 2.59. The summed E-state index contributed by atoms with van der Waals surface area (Å²) < 4.78 is 4.52. The molecule has 1 unspecified atom stereocenters. The van der Waals surface area contributed by atoms with Crippen LogP contribution in [0.25, 0.3) is 0 Å². The molecule has 0 aromatic carbocycles. The third-order valence-electron chi connectivity index (χ3n) is 1.53. The van der Waals surface area contributed by atoms with Crippen molar-refractivity contribution in [2.75, 3.05) is 19.6 Å². The second-order valence-corrected chi connectivity index (χ2v) is 2.55. The summed E-state index contributed by atoms with van der Waals surface area (Å²) in [7, 11) is 0. The molecule has 0 aromatic heterocycles. The molecule has 12 heavy (non-hydrogen) atoms. The Labute approximate surface area is 70.7 Å². The fraction of sp³-hybridized carbons (Fsp3) is 0.500. The quantitative estimate of drug-likeness (QED) is 0.447. The molecule has 1 N–H and O–H groups in total. The number of hydrogen-bond donors (Lipinski definition) is 1. The summed E-state index contributed by atoms with van der Waals surface area (Å²) in [6.07, 6.45) is 0.704. The Morgan fingerprint density at radius 3 is 3.25 bits per heavy atom. The number of carbonyl (C=O) groups is 1. The summed E-state index contributed by atoms with van der Waals surface area (Å²) in [6.45, 7) is 4.53. The van der Waals surface area contributed by atoms with Crippen molar-refractivity contribution >= 4 is 5.97 Å². The highest BCUT2D eigenvalue weighted by Gasteiger charge is 2.23. The van der Waals surface area contributed by atoms with E-state index in [-0.39, 0.29) is 6.54 Å². The largest absolute Gasteiger partial charge is 0.434 e. The molecule has 1 heterocycles. The minimum absolute atomic E-state index is 0.218. The van der Waals surface area contributed by atoms with Crippen molar-refractivity contribution in [3.63, 3.8) is 0 Å². The molecule has 4 nitrogen and oxygen atoms in total. The van der Waals surface area contributed by atoms with Crippen molar-refractivity contribution < 1.29 is 14.6 Å². The molecule has 4 heteroatoms. The van der Waals surface area contributed by atoms with E-state index >= 15 is 0 Å². The molecule has 0 bridgehead atoms. The normalized spacial score (nSPS) is 24.4. The van der Waals surface area contributed by atoms with Crippen molar-refractivity contribution in [2.45, 2.75) is 6.29 Å². The molecule has 0 aliphatic carbocycles. The number of rotatable bonds is 2. The average Bonchev–Trinajstić information content (AvgIpc) is 1.99. The third kappa shape index (κ3) is 2.51. The van der Waals surface area contributed by atoms with E-state index < -0.39 is 12.3 Å². The van der Waals surface area contributed by atoms with E-state index in [2.05, 4.69) is 17.0 Å². The molecule has 0 spiro atoms. The number of carbonyl (C=O) groups excluding carboxylic acids is 1. The Hall–Kier alpha value is -1.09. The summed E-state index contributed by atoms with van der Waals surface area (Å²) in [5.74, 6) is -0.397. The van der Waals surface area contributed by atoms with Gasteiger partial charge in [-0.3, -0.25) is 9.69 Å². The van der Waals surface area contributed by atoms with Gasteiger partial charge in [0.15, 0.2) is 0 Å². The molecule has 0 radical (unpaired) electrons. The van der Waals surface area contributed by atoms with E-state index in [1.807, 2.05) is 0 Å². The first-order valence-corrected chi connectivity index (χ1v) is 3.66. The molecule has 1 saturated heterocycles. The van der Waals surface area contributed by atoms with Gasteiger partial charge in [-0.2, -0.15) is 0 Å². The number of morpholine rings is 1. The molecule has 1 fully saturated rings. The number of ether oxygens (including phenoxy) is 1. The summed E-state index contributed by atoms with van der Waals surface area (Å²) >= 11 is 0. The zero-order chi connectivity index (χ0) is 8.97. The van der Waals surface area contributed by atoms with Crippen LogP contribution in [0.2, 0.25) is 0 Å². The number of aliphatic hydroxyl groups is 1. The first-order chi connectivity index (χ1) is 5.72. The van der Waals surface area contributed by atoms with E-state index in [1.54, 1.807) is 11.0 Å². The maximum atomic E-state index is 10.8. The molecule has 1 aliphatic rings. The van der Waals surface area contributed by atoms with E-state index in [9.17, 15) is 4.79 Å². The first kappa shape index (κ1) is 9.00. The zero-order valence-corrected chi connectivity index (χ0v) is 6.69. The van der Waals surface area contributed by atoms with Gasteiger partial charge in [0.25, 0.3) is 0 Å². The lowest BCUT2D eigenvalue weighted by atomic mass is 10.4. The fourth-order valence-corrected chi connectivity index (χ4v) is 1.03. The number of hydrogen-bond acceptors (Lipinski definition) is 4. The van der Waals surface area contributed by atoms with Crippen LogP contribution >= 0.6 is 0 Å². The lowest BCUT2D eigenvalue weighted by Gasteiger charge is -2.27. The maximum absolute atomic E-state index is 10.8. The smallest absolute Gasteiger partial charge is 0.322 e. The number of cyclic esters (lactones) is 1. The Morgan fingerprint density at radius 1 is 1.92 bits per heavy atom. The van der Waals surface area contributed by atoms with Crippen LogP contribution in [0.5, 0.6) is 0 Å². The van der Waals surface area contributed by atoms with Crippen LogP contribution in [0.4, 0.5) is 0 Å². The van der Waals surface area contributed by atoms with E-state index in [4.69, 9.17) is 5.11 Å².